The molecule has 0 radical (unpaired) electrons. The number of aromatic hydroxyl groups is 2. The summed E-state index contributed by atoms with van der Waals surface area (Å²) in [6.07, 6.45) is 0.561. The van der Waals surface area contributed by atoms with Crippen molar-refractivity contribution in [3.63, 3.8) is 0 Å². The van der Waals surface area contributed by atoms with Crippen LogP contribution in [0.15, 0.2) is 18.2 Å². The lowest BCUT2D eigenvalue weighted by molar-refractivity contribution is -0.132. The van der Waals surface area contributed by atoms with E-state index >= 15 is 0 Å². The highest BCUT2D eigenvalue weighted by atomic mass is 16.3. The predicted octanol–water partition coefficient (Wildman–Crippen LogP) is 1.15. The Hall–Kier alpha value is -1.75. The van der Waals surface area contributed by atoms with Crippen LogP contribution in [0.2, 0.25) is 0 Å². The van der Waals surface area contributed by atoms with E-state index < -0.39 is 0 Å². The lowest BCUT2D eigenvalue weighted by atomic mass is 10.1. The minimum Gasteiger partial charge on any atom is -0.504 e. The second kappa shape index (κ2) is 5.93. The Bertz CT molecular complexity index is 454. The fraction of sp³-hybridized carbons (Fsp3) is 0.500. The van der Waals surface area contributed by atoms with Gasteiger partial charge in [0.05, 0.1) is 0 Å². The first-order valence-electron chi connectivity index (χ1n) is 6.61. The van der Waals surface area contributed by atoms with E-state index in [1.165, 1.54) is 6.07 Å². The number of carbonyl (C=O) groups excluding carboxylic acids is 1. The number of phenolic OH excluding ortho intramolecular Hbond substituents is 2. The molecule has 0 bridgehead atoms. The van der Waals surface area contributed by atoms with Crippen molar-refractivity contribution in [1.29, 1.82) is 0 Å². The van der Waals surface area contributed by atoms with Crippen LogP contribution in [-0.2, 0) is 11.3 Å². The van der Waals surface area contributed by atoms with Crippen molar-refractivity contribution >= 4 is 5.91 Å². The molecule has 0 spiro atoms. The fourth-order valence-electron chi connectivity index (χ4n) is 2.30. The molecule has 1 amide bonds. The minimum absolute atomic E-state index is 0.0858. The van der Waals surface area contributed by atoms with Gasteiger partial charge in [0.2, 0.25) is 5.91 Å². The van der Waals surface area contributed by atoms with Crippen LogP contribution in [0, 0.1) is 0 Å². The molecular formula is C14H20N2O3. The van der Waals surface area contributed by atoms with Gasteiger partial charge in [-0.25, -0.2) is 0 Å². The summed E-state index contributed by atoms with van der Waals surface area (Å²) in [5.74, 6) is 0.0290. The van der Waals surface area contributed by atoms with Crippen LogP contribution in [0.4, 0.5) is 0 Å². The number of benzene rings is 1. The summed E-state index contributed by atoms with van der Waals surface area (Å²) in [4.78, 5) is 15.7. The first kappa shape index (κ1) is 13.7. The number of piperazine rings is 1. The zero-order chi connectivity index (χ0) is 13.8. The van der Waals surface area contributed by atoms with Crippen molar-refractivity contribution in [3.8, 4) is 11.5 Å². The lowest BCUT2D eigenvalue weighted by Gasteiger charge is -2.34. The molecule has 5 heteroatoms. The SMILES string of the molecule is CCC(=O)N1CCN(Cc2ccc(O)c(O)c2)CC1. The van der Waals surface area contributed by atoms with Crippen molar-refractivity contribution in [2.45, 2.75) is 19.9 Å². The number of carbonyl (C=O) groups is 1. The first-order chi connectivity index (χ1) is 9.10. The topological polar surface area (TPSA) is 64.0 Å². The van der Waals surface area contributed by atoms with E-state index in [2.05, 4.69) is 4.90 Å². The molecule has 2 N–H and O–H groups in total. The standard InChI is InChI=1S/C14H20N2O3/c1-2-14(19)16-7-5-15(6-8-16)10-11-3-4-12(17)13(18)9-11/h3-4,9,17-18H,2,5-8,10H2,1H3. The summed E-state index contributed by atoms with van der Waals surface area (Å²) in [7, 11) is 0. The van der Waals surface area contributed by atoms with Gasteiger partial charge in [0, 0.05) is 39.1 Å². The Morgan fingerprint density at radius 1 is 1.16 bits per heavy atom. The van der Waals surface area contributed by atoms with Crippen LogP contribution in [0.25, 0.3) is 0 Å². The quantitative estimate of drug-likeness (QED) is 0.804. The second-order valence-corrected chi connectivity index (χ2v) is 4.83. The number of rotatable bonds is 3. The highest BCUT2D eigenvalue weighted by molar-refractivity contribution is 5.75. The highest BCUT2D eigenvalue weighted by Crippen LogP contribution is 2.25. The van der Waals surface area contributed by atoms with Crippen LogP contribution >= 0.6 is 0 Å². The van der Waals surface area contributed by atoms with Crippen molar-refractivity contribution in [2.75, 3.05) is 26.2 Å². The number of hydrogen-bond donors (Lipinski definition) is 2. The minimum atomic E-state index is -0.0953. The molecule has 1 aromatic carbocycles. The van der Waals surface area contributed by atoms with Gasteiger partial charge in [-0.15, -0.1) is 0 Å². The van der Waals surface area contributed by atoms with Crippen molar-refractivity contribution in [2.24, 2.45) is 0 Å². The summed E-state index contributed by atoms with van der Waals surface area (Å²) in [6, 6.07) is 4.89. The molecule has 104 valence electrons. The van der Waals surface area contributed by atoms with E-state index in [1.54, 1.807) is 12.1 Å². The second-order valence-electron chi connectivity index (χ2n) is 4.83. The van der Waals surface area contributed by atoms with Crippen LogP contribution in [0.1, 0.15) is 18.9 Å². The molecule has 1 aliphatic rings. The van der Waals surface area contributed by atoms with E-state index in [9.17, 15) is 15.0 Å². The zero-order valence-electron chi connectivity index (χ0n) is 11.2. The predicted molar refractivity (Wildman–Crippen MR) is 71.9 cm³/mol. The molecule has 1 aliphatic heterocycles. The third-order valence-corrected chi connectivity index (χ3v) is 3.47. The summed E-state index contributed by atoms with van der Waals surface area (Å²) in [5.41, 5.74) is 0.963. The number of nitrogens with zero attached hydrogens (tertiary/aromatic N) is 2. The molecule has 0 unspecified atom stereocenters. The molecule has 0 aromatic heterocycles. The molecule has 0 atom stereocenters. The maximum atomic E-state index is 11.6. The normalized spacial score (nSPS) is 16.6. The summed E-state index contributed by atoms with van der Waals surface area (Å²) < 4.78 is 0. The molecule has 1 aromatic rings. The van der Waals surface area contributed by atoms with Gasteiger partial charge in [-0.1, -0.05) is 13.0 Å². The van der Waals surface area contributed by atoms with Gasteiger partial charge < -0.3 is 15.1 Å². The van der Waals surface area contributed by atoms with E-state index in [-0.39, 0.29) is 17.4 Å². The molecule has 19 heavy (non-hydrogen) atoms. The fourth-order valence-corrected chi connectivity index (χ4v) is 2.30. The van der Waals surface area contributed by atoms with Gasteiger partial charge in [0.1, 0.15) is 0 Å². The summed E-state index contributed by atoms with van der Waals surface area (Å²) in [5, 5.41) is 18.7. The Kier molecular flexibility index (Phi) is 4.27. The number of hydrogen-bond acceptors (Lipinski definition) is 4. The monoisotopic (exact) mass is 264 g/mol. The molecule has 1 heterocycles. The number of phenols is 2. The van der Waals surface area contributed by atoms with Gasteiger partial charge in [-0.2, -0.15) is 0 Å². The maximum absolute atomic E-state index is 11.6. The first-order valence-corrected chi connectivity index (χ1v) is 6.61. The van der Waals surface area contributed by atoms with E-state index in [0.29, 0.717) is 6.42 Å². The third-order valence-electron chi connectivity index (χ3n) is 3.47. The van der Waals surface area contributed by atoms with Crippen molar-refractivity contribution in [3.05, 3.63) is 23.8 Å². The van der Waals surface area contributed by atoms with Crippen LogP contribution in [-0.4, -0.2) is 52.1 Å². The summed E-state index contributed by atoms with van der Waals surface area (Å²) >= 11 is 0. The van der Waals surface area contributed by atoms with E-state index in [1.807, 2.05) is 11.8 Å². The van der Waals surface area contributed by atoms with Gasteiger partial charge in [-0.05, 0) is 17.7 Å². The zero-order valence-corrected chi connectivity index (χ0v) is 11.2. The molecular weight excluding hydrogens is 244 g/mol. The molecule has 1 saturated heterocycles. The van der Waals surface area contributed by atoms with Gasteiger partial charge in [0.25, 0.3) is 0 Å². The number of amides is 1. The van der Waals surface area contributed by atoms with E-state index in [0.717, 1.165) is 38.3 Å². The van der Waals surface area contributed by atoms with Gasteiger partial charge in [-0.3, -0.25) is 9.69 Å². The van der Waals surface area contributed by atoms with Crippen LogP contribution in [0.5, 0.6) is 11.5 Å². The average Bonchev–Trinajstić information content (AvgIpc) is 2.43. The Labute approximate surface area is 113 Å². The Morgan fingerprint density at radius 3 is 2.42 bits per heavy atom. The van der Waals surface area contributed by atoms with Crippen molar-refractivity contribution in [1.82, 2.24) is 9.80 Å². The molecule has 5 nitrogen and oxygen atoms in total. The van der Waals surface area contributed by atoms with E-state index in [4.69, 9.17) is 0 Å². The summed E-state index contributed by atoms with van der Waals surface area (Å²) in [6.45, 7) is 5.81. The maximum Gasteiger partial charge on any atom is 0.222 e. The molecule has 0 aliphatic carbocycles. The molecule has 1 fully saturated rings. The van der Waals surface area contributed by atoms with Gasteiger partial charge >= 0.3 is 0 Å². The largest absolute Gasteiger partial charge is 0.504 e. The Morgan fingerprint density at radius 2 is 1.84 bits per heavy atom. The third kappa shape index (κ3) is 3.38. The smallest absolute Gasteiger partial charge is 0.222 e. The lowest BCUT2D eigenvalue weighted by Crippen LogP contribution is -2.48. The molecule has 0 saturated carbocycles. The van der Waals surface area contributed by atoms with Crippen molar-refractivity contribution < 1.29 is 15.0 Å². The molecule has 2 rings (SSSR count). The van der Waals surface area contributed by atoms with Gasteiger partial charge in [0.15, 0.2) is 11.5 Å². The highest BCUT2D eigenvalue weighted by Gasteiger charge is 2.19. The average molecular weight is 264 g/mol. The van der Waals surface area contributed by atoms with Crippen LogP contribution < -0.4 is 0 Å². The Balaban J connectivity index is 1.88. The van der Waals surface area contributed by atoms with Crippen LogP contribution in [0.3, 0.4) is 0 Å².